The Morgan fingerprint density at radius 1 is 1.05 bits per heavy atom. The molecule has 1 aromatic heterocycles. The molecule has 0 bridgehead atoms. The topological polar surface area (TPSA) is 67.5 Å². The first-order chi connectivity index (χ1) is 10.3. The van der Waals surface area contributed by atoms with Gasteiger partial charge in [-0.15, -0.1) is 0 Å². The number of hydrogen-bond acceptors (Lipinski definition) is 3. The van der Waals surface area contributed by atoms with Gasteiger partial charge in [-0.2, -0.15) is 8.78 Å². The minimum atomic E-state index is -4.13. The Morgan fingerprint density at radius 2 is 1.64 bits per heavy atom. The normalized spacial score (nSPS) is 12.0. The fourth-order valence-corrected chi connectivity index (χ4v) is 2.37. The van der Waals surface area contributed by atoms with Crippen LogP contribution in [0.2, 0.25) is 5.02 Å². The number of furan rings is 1. The molecule has 0 radical (unpaired) electrons. The summed E-state index contributed by atoms with van der Waals surface area (Å²) in [6.07, 6.45) is 0. The molecule has 112 valence electrons. The monoisotopic (exact) mass is 324 g/mol. The molecule has 3 aromatic rings. The number of hydrogen-bond donors (Lipinski definition) is 1. The average Bonchev–Trinajstić information content (AvgIpc) is 2.82. The molecule has 0 aliphatic carbocycles. The standard InChI is InChI=1S/C15H7ClF2O4/c16-8-2-4-10-9-3-1-7(5-11(9)22-12(10)6-8)15(17,18)13(19)14(20)21/h1-6H,(H,20,21). The van der Waals surface area contributed by atoms with E-state index >= 15 is 0 Å². The molecular weight excluding hydrogens is 318 g/mol. The minimum absolute atomic E-state index is 0.118. The lowest BCUT2D eigenvalue weighted by Gasteiger charge is -2.12. The smallest absolute Gasteiger partial charge is 0.379 e. The Bertz CT molecular complexity index is 930. The molecule has 0 saturated carbocycles. The van der Waals surface area contributed by atoms with Crippen LogP contribution in [0.5, 0.6) is 0 Å². The summed E-state index contributed by atoms with van der Waals surface area (Å²) in [6, 6.07) is 8.18. The molecule has 0 saturated heterocycles. The largest absolute Gasteiger partial charge is 0.475 e. The fraction of sp³-hybridized carbons (Fsp3) is 0.0667. The van der Waals surface area contributed by atoms with Crippen molar-refractivity contribution in [3.63, 3.8) is 0 Å². The average molecular weight is 325 g/mol. The Labute approximate surface area is 126 Å². The Hall–Kier alpha value is -2.47. The van der Waals surface area contributed by atoms with E-state index in [1.54, 1.807) is 12.1 Å². The van der Waals surface area contributed by atoms with E-state index in [0.717, 1.165) is 12.1 Å². The van der Waals surface area contributed by atoms with Crippen molar-refractivity contribution in [2.24, 2.45) is 0 Å². The molecule has 3 rings (SSSR count). The Morgan fingerprint density at radius 3 is 2.27 bits per heavy atom. The predicted octanol–water partition coefficient (Wildman–Crippen LogP) is 3.98. The number of ketones is 1. The maximum atomic E-state index is 13.9. The van der Waals surface area contributed by atoms with Crippen LogP contribution in [0.15, 0.2) is 40.8 Å². The molecule has 7 heteroatoms. The van der Waals surface area contributed by atoms with Crippen LogP contribution in [-0.2, 0) is 15.5 Å². The number of benzene rings is 2. The molecule has 0 aliphatic heterocycles. The molecule has 0 fully saturated rings. The molecule has 0 atom stereocenters. The van der Waals surface area contributed by atoms with Crippen molar-refractivity contribution in [1.82, 2.24) is 0 Å². The van der Waals surface area contributed by atoms with Gasteiger partial charge in [-0.25, -0.2) is 4.79 Å². The van der Waals surface area contributed by atoms with E-state index in [9.17, 15) is 18.4 Å². The first kappa shape index (κ1) is 14.5. The molecule has 0 amide bonds. The third kappa shape index (κ3) is 2.12. The quantitative estimate of drug-likeness (QED) is 0.740. The number of carboxylic acid groups (broad SMARTS) is 1. The van der Waals surface area contributed by atoms with Gasteiger partial charge in [0.2, 0.25) is 0 Å². The second kappa shape index (κ2) is 4.78. The Kier molecular flexibility index (Phi) is 3.14. The number of halogens is 3. The summed E-state index contributed by atoms with van der Waals surface area (Å²) >= 11 is 5.84. The van der Waals surface area contributed by atoms with Crippen LogP contribution < -0.4 is 0 Å². The molecular formula is C15H7ClF2O4. The summed E-state index contributed by atoms with van der Waals surface area (Å²) in [5.74, 6) is -8.51. The van der Waals surface area contributed by atoms with Crippen LogP contribution in [-0.4, -0.2) is 16.9 Å². The number of Topliss-reactive ketones (excluding diaryl/α,β-unsaturated/α-hetero) is 1. The fourth-order valence-electron chi connectivity index (χ4n) is 2.21. The maximum absolute atomic E-state index is 13.9. The van der Waals surface area contributed by atoms with E-state index in [2.05, 4.69) is 0 Å². The molecule has 1 N–H and O–H groups in total. The van der Waals surface area contributed by atoms with Gasteiger partial charge < -0.3 is 9.52 Å². The number of aliphatic carboxylic acids is 1. The van der Waals surface area contributed by atoms with Gasteiger partial charge in [0, 0.05) is 27.4 Å². The van der Waals surface area contributed by atoms with E-state index in [-0.39, 0.29) is 5.58 Å². The zero-order valence-corrected chi connectivity index (χ0v) is 11.5. The molecule has 0 spiro atoms. The van der Waals surface area contributed by atoms with Crippen LogP contribution in [0.25, 0.3) is 21.9 Å². The predicted molar refractivity (Wildman–Crippen MR) is 75.3 cm³/mol. The van der Waals surface area contributed by atoms with Crippen LogP contribution in [0, 0.1) is 0 Å². The third-order valence-electron chi connectivity index (χ3n) is 3.28. The maximum Gasteiger partial charge on any atom is 0.379 e. The minimum Gasteiger partial charge on any atom is -0.475 e. The lowest BCUT2D eigenvalue weighted by Crippen LogP contribution is -2.32. The van der Waals surface area contributed by atoms with Gasteiger partial charge in [-0.05, 0) is 24.3 Å². The number of rotatable bonds is 3. The van der Waals surface area contributed by atoms with Crippen LogP contribution in [0.3, 0.4) is 0 Å². The number of carbonyl (C=O) groups is 2. The summed E-state index contributed by atoms with van der Waals surface area (Å²) in [5.41, 5.74) is -0.210. The van der Waals surface area contributed by atoms with Crippen LogP contribution >= 0.6 is 11.6 Å². The zero-order valence-electron chi connectivity index (χ0n) is 10.8. The van der Waals surface area contributed by atoms with E-state index in [0.29, 0.717) is 21.4 Å². The molecule has 0 aliphatic rings. The van der Waals surface area contributed by atoms with Gasteiger partial charge >= 0.3 is 17.7 Å². The first-order valence-electron chi connectivity index (χ1n) is 6.08. The Balaban J connectivity index is 2.20. The van der Waals surface area contributed by atoms with Crippen molar-refractivity contribution in [3.8, 4) is 0 Å². The van der Waals surface area contributed by atoms with E-state index in [1.165, 1.54) is 12.1 Å². The van der Waals surface area contributed by atoms with Gasteiger partial charge in [0.15, 0.2) is 0 Å². The van der Waals surface area contributed by atoms with Gasteiger partial charge in [-0.3, -0.25) is 4.79 Å². The number of carbonyl (C=O) groups excluding carboxylic acids is 1. The van der Waals surface area contributed by atoms with Crippen molar-refractivity contribution in [2.75, 3.05) is 0 Å². The van der Waals surface area contributed by atoms with Crippen LogP contribution in [0.4, 0.5) is 8.78 Å². The lowest BCUT2D eigenvalue weighted by molar-refractivity contribution is -0.163. The third-order valence-corrected chi connectivity index (χ3v) is 3.51. The van der Waals surface area contributed by atoms with Gasteiger partial charge in [0.25, 0.3) is 0 Å². The zero-order chi connectivity index (χ0) is 16.1. The highest BCUT2D eigenvalue weighted by Crippen LogP contribution is 2.35. The second-order valence-corrected chi connectivity index (χ2v) is 5.10. The highest BCUT2D eigenvalue weighted by atomic mass is 35.5. The highest BCUT2D eigenvalue weighted by molar-refractivity contribution is 6.35. The molecule has 2 aromatic carbocycles. The summed E-state index contributed by atoms with van der Waals surface area (Å²) in [5, 5.41) is 10.1. The highest BCUT2D eigenvalue weighted by Gasteiger charge is 2.45. The first-order valence-corrected chi connectivity index (χ1v) is 6.46. The number of carboxylic acids is 1. The summed E-state index contributed by atoms with van der Waals surface area (Å²) in [4.78, 5) is 21.6. The lowest BCUT2D eigenvalue weighted by atomic mass is 10.0. The molecule has 4 nitrogen and oxygen atoms in total. The second-order valence-electron chi connectivity index (χ2n) is 4.66. The van der Waals surface area contributed by atoms with E-state index in [1.807, 2.05) is 0 Å². The van der Waals surface area contributed by atoms with Crippen molar-refractivity contribution in [3.05, 3.63) is 47.0 Å². The van der Waals surface area contributed by atoms with Crippen molar-refractivity contribution < 1.29 is 27.9 Å². The molecule has 1 heterocycles. The van der Waals surface area contributed by atoms with Crippen LogP contribution in [0.1, 0.15) is 5.56 Å². The van der Waals surface area contributed by atoms with Crippen molar-refractivity contribution in [2.45, 2.75) is 5.92 Å². The number of alkyl halides is 2. The SMILES string of the molecule is O=C(O)C(=O)C(F)(F)c1ccc2c(c1)oc1cc(Cl)ccc12. The van der Waals surface area contributed by atoms with Gasteiger partial charge in [-0.1, -0.05) is 17.7 Å². The van der Waals surface area contributed by atoms with E-state index in [4.69, 9.17) is 21.1 Å². The summed E-state index contributed by atoms with van der Waals surface area (Å²) in [6.45, 7) is 0. The molecule has 0 unspecified atom stereocenters. The van der Waals surface area contributed by atoms with Gasteiger partial charge in [0.05, 0.1) is 0 Å². The number of fused-ring (bicyclic) bond motifs is 3. The summed E-state index contributed by atoms with van der Waals surface area (Å²) < 4.78 is 33.1. The van der Waals surface area contributed by atoms with Crippen molar-refractivity contribution in [1.29, 1.82) is 0 Å². The van der Waals surface area contributed by atoms with Crippen molar-refractivity contribution >= 4 is 45.3 Å². The summed E-state index contributed by atoms with van der Waals surface area (Å²) in [7, 11) is 0. The molecule has 22 heavy (non-hydrogen) atoms. The van der Waals surface area contributed by atoms with Gasteiger partial charge in [0.1, 0.15) is 11.2 Å². The van der Waals surface area contributed by atoms with E-state index < -0.39 is 23.2 Å².